The molecule has 0 atom stereocenters. The number of benzene rings is 3. The minimum Gasteiger partial charge on any atom is -0.493 e. The van der Waals surface area contributed by atoms with E-state index in [1.807, 2.05) is 84.9 Å². The third-order valence-corrected chi connectivity index (χ3v) is 6.15. The highest BCUT2D eigenvalue weighted by molar-refractivity contribution is 8.27. The maximum atomic E-state index is 12.9. The van der Waals surface area contributed by atoms with Gasteiger partial charge in [0.05, 0.1) is 30.9 Å². The van der Waals surface area contributed by atoms with Crippen LogP contribution >= 0.6 is 24.0 Å². The molecule has 7 heteroatoms. The first-order chi connectivity index (χ1) is 16.2. The molecule has 0 aliphatic carbocycles. The molecule has 0 bridgehead atoms. The van der Waals surface area contributed by atoms with Crippen LogP contribution < -0.4 is 19.1 Å². The van der Waals surface area contributed by atoms with Gasteiger partial charge in [-0.15, -0.1) is 0 Å². The molecule has 1 aliphatic heterocycles. The fourth-order valence-electron chi connectivity index (χ4n) is 3.26. The molecule has 1 aliphatic rings. The van der Waals surface area contributed by atoms with E-state index in [9.17, 15) is 4.79 Å². The summed E-state index contributed by atoms with van der Waals surface area (Å²) in [4.78, 5) is 15.0. The molecule has 0 saturated carbocycles. The van der Waals surface area contributed by atoms with E-state index in [0.29, 0.717) is 33.9 Å². The number of methoxy groups -OCH3 is 1. The molecule has 0 unspecified atom stereocenters. The van der Waals surface area contributed by atoms with E-state index >= 15 is 0 Å². The van der Waals surface area contributed by atoms with Gasteiger partial charge in [-0.25, -0.2) is 0 Å². The van der Waals surface area contributed by atoms with E-state index in [4.69, 9.17) is 26.4 Å². The summed E-state index contributed by atoms with van der Waals surface area (Å²) < 4.78 is 17.6. The van der Waals surface area contributed by atoms with E-state index in [-0.39, 0.29) is 5.91 Å². The number of amides is 1. The van der Waals surface area contributed by atoms with Crippen LogP contribution in [0.5, 0.6) is 17.2 Å². The molecular weight excluding hydrogens is 454 g/mol. The van der Waals surface area contributed by atoms with Gasteiger partial charge in [-0.2, -0.15) is 0 Å². The first kappa shape index (κ1) is 22.9. The van der Waals surface area contributed by atoms with E-state index in [1.165, 1.54) is 11.8 Å². The fraction of sp³-hybridized carbons (Fsp3) is 0.154. The standard InChI is InChI=1S/C26H23NO4S2/c1-29-23-17-19(13-14-22(23)31-16-8-15-30-21-11-6-3-7-12-21)18-24-25(28)27(26(32)33-24)20-9-4-2-5-10-20/h2-7,9-14,17-18H,8,15-16H2,1H3/b24-18+. The zero-order chi connectivity index (χ0) is 23.0. The van der Waals surface area contributed by atoms with Crippen molar-refractivity contribution < 1.29 is 19.0 Å². The van der Waals surface area contributed by atoms with Crippen LogP contribution in [0, 0.1) is 0 Å². The smallest absolute Gasteiger partial charge is 0.270 e. The van der Waals surface area contributed by atoms with Crippen molar-refractivity contribution in [2.45, 2.75) is 6.42 Å². The Labute approximate surface area is 203 Å². The largest absolute Gasteiger partial charge is 0.493 e. The summed E-state index contributed by atoms with van der Waals surface area (Å²) in [5.41, 5.74) is 1.60. The van der Waals surface area contributed by atoms with E-state index < -0.39 is 0 Å². The normalized spacial score (nSPS) is 14.6. The van der Waals surface area contributed by atoms with Crippen LogP contribution in [0.1, 0.15) is 12.0 Å². The maximum absolute atomic E-state index is 12.9. The van der Waals surface area contributed by atoms with Crippen LogP contribution in [-0.2, 0) is 4.79 Å². The van der Waals surface area contributed by atoms with E-state index in [0.717, 1.165) is 23.4 Å². The Morgan fingerprint density at radius 2 is 1.61 bits per heavy atom. The van der Waals surface area contributed by atoms with Crippen molar-refractivity contribution in [3.05, 3.63) is 89.3 Å². The lowest BCUT2D eigenvalue weighted by molar-refractivity contribution is -0.113. The number of carbonyl (C=O) groups excluding carboxylic acids is 1. The molecule has 33 heavy (non-hydrogen) atoms. The molecular formula is C26H23NO4S2. The SMILES string of the molecule is COc1cc(/C=C2/SC(=S)N(c3ccccc3)C2=O)ccc1OCCCOc1ccccc1. The molecule has 0 radical (unpaired) electrons. The number of anilines is 1. The van der Waals surface area contributed by atoms with Crippen LogP contribution in [0.3, 0.4) is 0 Å². The topological polar surface area (TPSA) is 48.0 Å². The second kappa shape index (κ2) is 11.0. The number of nitrogens with zero attached hydrogens (tertiary/aromatic N) is 1. The fourth-order valence-corrected chi connectivity index (χ4v) is 4.56. The summed E-state index contributed by atoms with van der Waals surface area (Å²) >= 11 is 6.72. The number of hydrogen-bond acceptors (Lipinski definition) is 6. The van der Waals surface area contributed by atoms with Gasteiger partial charge in [0.25, 0.3) is 5.91 Å². The van der Waals surface area contributed by atoms with Gasteiger partial charge in [-0.3, -0.25) is 9.69 Å². The van der Waals surface area contributed by atoms with Gasteiger partial charge in [0.2, 0.25) is 0 Å². The molecule has 1 heterocycles. The molecule has 1 amide bonds. The summed E-state index contributed by atoms with van der Waals surface area (Å²) in [5.74, 6) is 1.96. The zero-order valence-corrected chi connectivity index (χ0v) is 19.7. The molecule has 3 aromatic rings. The number of rotatable bonds is 9. The van der Waals surface area contributed by atoms with Gasteiger partial charge >= 0.3 is 0 Å². The number of thioether (sulfide) groups is 1. The Morgan fingerprint density at radius 1 is 0.909 bits per heavy atom. The van der Waals surface area contributed by atoms with Crippen molar-refractivity contribution in [1.82, 2.24) is 0 Å². The lowest BCUT2D eigenvalue weighted by Crippen LogP contribution is -2.27. The third kappa shape index (κ3) is 5.74. The molecule has 168 valence electrons. The van der Waals surface area contributed by atoms with E-state index in [2.05, 4.69) is 0 Å². The maximum Gasteiger partial charge on any atom is 0.270 e. The number of hydrogen-bond donors (Lipinski definition) is 0. The number of para-hydroxylation sites is 2. The Kier molecular flexibility index (Phi) is 7.65. The van der Waals surface area contributed by atoms with E-state index in [1.54, 1.807) is 12.0 Å². The predicted molar refractivity (Wildman–Crippen MR) is 137 cm³/mol. The van der Waals surface area contributed by atoms with Gasteiger partial charge in [0, 0.05) is 6.42 Å². The van der Waals surface area contributed by atoms with Gasteiger partial charge < -0.3 is 14.2 Å². The lowest BCUT2D eigenvalue weighted by Gasteiger charge is -2.14. The lowest BCUT2D eigenvalue weighted by atomic mass is 10.2. The van der Waals surface area contributed by atoms with Gasteiger partial charge in [0.1, 0.15) is 5.75 Å². The van der Waals surface area contributed by atoms with Crippen molar-refractivity contribution in [2.75, 3.05) is 25.2 Å². The Balaban J connectivity index is 1.38. The van der Waals surface area contributed by atoms with Crippen LogP contribution in [-0.4, -0.2) is 30.6 Å². The minimum absolute atomic E-state index is 0.131. The quantitative estimate of drug-likeness (QED) is 0.216. The Morgan fingerprint density at radius 3 is 2.33 bits per heavy atom. The zero-order valence-electron chi connectivity index (χ0n) is 18.1. The summed E-state index contributed by atoms with van der Waals surface area (Å²) in [7, 11) is 1.60. The summed E-state index contributed by atoms with van der Waals surface area (Å²) in [6.45, 7) is 1.06. The van der Waals surface area contributed by atoms with Crippen LogP contribution in [0.25, 0.3) is 6.08 Å². The van der Waals surface area contributed by atoms with Gasteiger partial charge in [-0.05, 0) is 48.0 Å². The molecule has 1 fully saturated rings. The van der Waals surface area contributed by atoms with Crippen molar-refractivity contribution in [2.24, 2.45) is 0 Å². The van der Waals surface area contributed by atoms with Crippen molar-refractivity contribution in [1.29, 1.82) is 0 Å². The summed E-state index contributed by atoms with van der Waals surface area (Å²) in [5, 5.41) is 0. The number of thiocarbonyl (C=S) groups is 1. The summed E-state index contributed by atoms with van der Waals surface area (Å²) in [6, 6.07) is 24.7. The van der Waals surface area contributed by atoms with Crippen LogP contribution in [0.15, 0.2) is 83.8 Å². The second-order valence-corrected chi connectivity index (χ2v) is 8.80. The molecule has 1 saturated heterocycles. The highest BCUT2D eigenvalue weighted by Gasteiger charge is 2.33. The highest BCUT2D eigenvalue weighted by Crippen LogP contribution is 2.37. The monoisotopic (exact) mass is 477 g/mol. The first-order valence-corrected chi connectivity index (χ1v) is 11.7. The summed E-state index contributed by atoms with van der Waals surface area (Å²) in [6.07, 6.45) is 2.56. The molecule has 3 aromatic carbocycles. The molecule has 0 aromatic heterocycles. The molecule has 5 nitrogen and oxygen atoms in total. The van der Waals surface area contributed by atoms with Crippen LogP contribution in [0.2, 0.25) is 0 Å². The number of carbonyl (C=O) groups is 1. The first-order valence-electron chi connectivity index (χ1n) is 10.5. The van der Waals surface area contributed by atoms with Crippen molar-refractivity contribution >= 4 is 46.0 Å². The minimum atomic E-state index is -0.131. The van der Waals surface area contributed by atoms with Crippen molar-refractivity contribution in [3.8, 4) is 17.2 Å². The molecule has 0 spiro atoms. The molecule has 0 N–H and O–H groups in total. The second-order valence-electron chi connectivity index (χ2n) is 7.13. The van der Waals surface area contributed by atoms with Crippen LogP contribution in [0.4, 0.5) is 5.69 Å². The van der Waals surface area contributed by atoms with Crippen molar-refractivity contribution in [3.63, 3.8) is 0 Å². The van der Waals surface area contributed by atoms with Gasteiger partial charge in [0.15, 0.2) is 15.8 Å². The van der Waals surface area contributed by atoms with Gasteiger partial charge in [-0.1, -0.05) is 66.4 Å². The third-order valence-electron chi connectivity index (χ3n) is 4.85. The Hall–Kier alpha value is -3.29. The average Bonchev–Trinajstić information content (AvgIpc) is 3.13. The highest BCUT2D eigenvalue weighted by atomic mass is 32.2. The number of ether oxygens (including phenoxy) is 3. The Bertz CT molecular complexity index is 1150. The molecule has 4 rings (SSSR count). The average molecular weight is 478 g/mol. The predicted octanol–water partition coefficient (Wildman–Crippen LogP) is 5.95.